The number of carbonyl (C=O) groups excluding carboxylic acids is 3. The number of ketones is 1. The van der Waals surface area contributed by atoms with Gasteiger partial charge in [-0.2, -0.15) is 0 Å². The molecule has 0 bridgehead atoms. The molecule has 14 heteroatoms. The second-order valence-electron chi connectivity index (χ2n) is 7.28. The second-order valence-corrected chi connectivity index (χ2v) is 12.7. The molecular formula is C18H26N2O9S3. The molecule has 0 radical (unpaired) electrons. The Bertz CT molecular complexity index is 1090. The fourth-order valence-corrected chi connectivity index (χ4v) is 7.60. The molecular weight excluding hydrogens is 484 g/mol. The van der Waals surface area contributed by atoms with E-state index in [1.165, 1.54) is 24.8 Å². The summed E-state index contributed by atoms with van der Waals surface area (Å²) < 4.78 is 58.6. The van der Waals surface area contributed by atoms with Crippen molar-refractivity contribution >= 4 is 49.0 Å². The number of rotatable bonds is 9. The molecule has 0 aromatic carbocycles. The van der Waals surface area contributed by atoms with Gasteiger partial charge in [0.2, 0.25) is 10.0 Å². The van der Waals surface area contributed by atoms with Crippen LogP contribution in [0.15, 0.2) is 14.5 Å². The van der Waals surface area contributed by atoms with E-state index in [9.17, 15) is 31.2 Å². The zero-order chi connectivity index (χ0) is 24.3. The molecule has 1 aromatic rings. The smallest absolute Gasteiger partial charge is 0.410 e. The average Bonchev–Trinajstić information content (AvgIpc) is 3.15. The van der Waals surface area contributed by atoms with Crippen LogP contribution in [-0.4, -0.2) is 64.6 Å². The first-order valence-electron chi connectivity index (χ1n) is 9.77. The Hall–Kier alpha value is -2.03. The highest BCUT2D eigenvalue weighted by Crippen LogP contribution is 2.45. The first-order chi connectivity index (χ1) is 14.8. The quantitative estimate of drug-likeness (QED) is 0.381. The summed E-state index contributed by atoms with van der Waals surface area (Å²) in [6.07, 6.45) is -0.710. The van der Waals surface area contributed by atoms with Gasteiger partial charge in [-0.3, -0.25) is 4.79 Å². The zero-order valence-corrected chi connectivity index (χ0v) is 20.3. The highest BCUT2D eigenvalue weighted by Gasteiger charge is 2.42. The normalized spacial score (nSPS) is 19.6. The third kappa shape index (κ3) is 6.05. The van der Waals surface area contributed by atoms with Crippen molar-refractivity contribution in [3.63, 3.8) is 0 Å². The van der Waals surface area contributed by atoms with Crippen molar-refractivity contribution in [3.05, 3.63) is 11.6 Å². The minimum atomic E-state index is -4.13. The number of hydrogen-bond acceptors (Lipinski definition) is 10. The van der Waals surface area contributed by atoms with Gasteiger partial charge in [-0.1, -0.05) is 0 Å². The highest BCUT2D eigenvalue weighted by atomic mass is 32.3. The Morgan fingerprint density at radius 3 is 2.41 bits per heavy atom. The molecule has 0 fully saturated rings. The van der Waals surface area contributed by atoms with E-state index in [1.807, 2.05) is 0 Å². The number of primary sulfonamides is 1. The van der Waals surface area contributed by atoms with Gasteiger partial charge in [-0.15, -0.1) is 11.3 Å². The van der Waals surface area contributed by atoms with Gasteiger partial charge < -0.3 is 19.2 Å². The molecule has 2 heterocycles. The van der Waals surface area contributed by atoms with Gasteiger partial charge in [0.05, 0.1) is 17.7 Å². The summed E-state index contributed by atoms with van der Waals surface area (Å²) in [5.74, 6) is -0.734. The van der Waals surface area contributed by atoms with Crippen molar-refractivity contribution < 1.29 is 40.7 Å². The maximum Gasteiger partial charge on any atom is 0.410 e. The number of thiophene rings is 1. The molecule has 2 atom stereocenters. The largest absolute Gasteiger partial charge is 0.462 e. The molecule has 2 rings (SSSR count). The van der Waals surface area contributed by atoms with Gasteiger partial charge >= 0.3 is 12.1 Å². The number of Topliss-reactive ketones (excluding diaryl/α,β-unsaturated/α-hetero) is 1. The minimum Gasteiger partial charge on any atom is -0.462 e. The molecule has 1 aromatic heterocycles. The summed E-state index contributed by atoms with van der Waals surface area (Å²) in [5.41, 5.74) is 0.187. The van der Waals surface area contributed by atoms with Crippen LogP contribution in [0.5, 0.6) is 0 Å². The Morgan fingerprint density at radius 1 is 1.22 bits per heavy atom. The maximum absolute atomic E-state index is 12.7. The van der Waals surface area contributed by atoms with Crippen LogP contribution in [-0.2, 0) is 38.9 Å². The van der Waals surface area contributed by atoms with Gasteiger partial charge in [0.15, 0.2) is 9.84 Å². The number of sulfone groups is 1. The van der Waals surface area contributed by atoms with Crippen LogP contribution in [0.3, 0.4) is 0 Å². The molecule has 0 unspecified atom stereocenters. The van der Waals surface area contributed by atoms with Crippen molar-refractivity contribution in [3.8, 4) is 0 Å². The number of nitrogens with two attached hydrogens (primary N) is 1. The Morgan fingerprint density at radius 2 is 1.84 bits per heavy atom. The summed E-state index contributed by atoms with van der Waals surface area (Å²) in [4.78, 5) is 36.3. The fraction of sp³-hybridized carbons (Fsp3) is 0.611. The number of carbonyl (C=O) groups is 3. The summed E-state index contributed by atoms with van der Waals surface area (Å²) in [5, 5.41) is 4.32. The number of fused-ring (bicyclic) bond motifs is 1. The zero-order valence-electron chi connectivity index (χ0n) is 17.9. The molecule has 0 spiro atoms. The van der Waals surface area contributed by atoms with Crippen molar-refractivity contribution in [2.45, 2.75) is 59.7 Å². The van der Waals surface area contributed by atoms with E-state index in [0.29, 0.717) is 11.3 Å². The molecule has 11 nitrogen and oxygen atoms in total. The van der Waals surface area contributed by atoms with Crippen LogP contribution in [0.25, 0.3) is 0 Å². The highest BCUT2D eigenvalue weighted by molar-refractivity contribution is 7.95. The van der Waals surface area contributed by atoms with Gasteiger partial charge in [0.25, 0.3) is 0 Å². The molecule has 32 heavy (non-hydrogen) atoms. The van der Waals surface area contributed by atoms with Crippen LogP contribution in [0.2, 0.25) is 0 Å². The monoisotopic (exact) mass is 510 g/mol. The van der Waals surface area contributed by atoms with E-state index < -0.39 is 43.2 Å². The molecule has 0 saturated heterocycles. The van der Waals surface area contributed by atoms with Gasteiger partial charge in [0.1, 0.15) is 27.4 Å². The molecule has 0 aliphatic carbocycles. The maximum atomic E-state index is 12.7. The molecule has 1 aliphatic heterocycles. The SMILES string of the molecule is CCN(C(=O)OCCOC(=O)CCC(C)=O)[C@H]1C[C@H](C)S(=O)(=O)c2sc(S(N)(=O)=O)cc21. The lowest BCUT2D eigenvalue weighted by Crippen LogP contribution is -2.40. The summed E-state index contributed by atoms with van der Waals surface area (Å²) in [7, 11) is -7.89. The van der Waals surface area contributed by atoms with Crippen LogP contribution in [0.4, 0.5) is 4.79 Å². The third-order valence-electron chi connectivity index (χ3n) is 4.89. The van der Waals surface area contributed by atoms with E-state index in [2.05, 4.69) is 0 Å². The van der Waals surface area contributed by atoms with Crippen LogP contribution in [0.1, 0.15) is 51.6 Å². The van der Waals surface area contributed by atoms with E-state index in [0.717, 1.165) is 0 Å². The van der Waals surface area contributed by atoms with Gasteiger partial charge in [-0.05, 0) is 33.3 Å². The van der Waals surface area contributed by atoms with Crippen LogP contribution >= 0.6 is 11.3 Å². The summed E-state index contributed by atoms with van der Waals surface area (Å²) >= 11 is 0.566. The standard InChI is InChI=1S/C18H26N2O9S3/c1-4-20(18(23)29-8-7-28-15(22)6-5-11(2)21)14-9-12(3)31(24,25)17-13(14)10-16(30-17)32(19,26)27/h10,12,14H,4-9H2,1-3H3,(H2,19,26,27)/t12-,14-/m0/s1. The Kier molecular flexibility index (Phi) is 8.42. The second kappa shape index (κ2) is 10.3. The van der Waals surface area contributed by atoms with Crippen LogP contribution in [0, 0.1) is 0 Å². The van der Waals surface area contributed by atoms with E-state index in [4.69, 9.17) is 14.6 Å². The number of nitrogens with zero attached hydrogens (tertiary/aromatic N) is 1. The van der Waals surface area contributed by atoms with E-state index in [-0.39, 0.29) is 58.8 Å². The molecule has 180 valence electrons. The molecule has 2 N–H and O–H groups in total. The van der Waals surface area contributed by atoms with E-state index in [1.54, 1.807) is 6.92 Å². The summed E-state index contributed by atoms with van der Waals surface area (Å²) in [6, 6.07) is 0.460. The number of esters is 1. The predicted molar refractivity (Wildman–Crippen MR) is 114 cm³/mol. The van der Waals surface area contributed by atoms with Crippen LogP contribution < -0.4 is 5.14 Å². The first-order valence-corrected chi connectivity index (χ1v) is 13.7. The van der Waals surface area contributed by atoms with E-state index >= 15 is 0 Å². The molecule has 1 amide bonds. The lowest BCUT2D eigenvalue weighted by molar-refractivity contribution is -0.145. The van der Waals surface area contributed by atoms with Crippen molar-refractivity contribution in [1.29, 1.82) is 0 Å². The van der Waals surface area contributed by atoms with Crippen molar-refractivity contribution in [2.75, 3.05) is 19.8 Å². The van der Waals surface area contributed by atoms with Crippen molar-refractivity contribution in [1.82, 2.24) is 4.90 Å². The molecule has 1 aliphatic rings. The number of ether oxygens (including phenoxy) is 2. The number of hydrogen-bond donors (Lipinski definition) is 1. The summed E-state index contributed by atoms with van der Waals surface area (Å²) in [6.45, 7) is 4.24. The molecule has 0 saturated carbocycles. The lowest BCUT2D eigenvalue weighted by atomic mass is 10.0. The number of amides is 1. The lowest BCUT2D eigenvalue weighted by Gasteiger charge is -2.35. The Balaban J connectivity index is 2.13. The fourth-order valence-electron chi connectivity index (χ4n) is 3.20. The predicted octanol–water partition coefficient (Wildman–Crippen LogP) is 1.37. The third-order valence-corrected chi connectivity index (χ3v) is 10.2. The van der Waals surface area contributed by atoms with Crippen molar-refractivity contribution in [2.24, 2.45) is 5.14 Å². The minimum absolute atomic E-state index is 0.0547. The average molecular weight is 511 g/mol. The first kappa shape index (κ1) is 26.2. The topological polar surface area (TPSA) is 167 Å². The van der Waals surface area contributed by atoms with Gasteiger partial charge in [-0.25, -0.2) is 26.8 Å². The Labute approximate surface area is 190 Å². The van der Waals surface area contributed by atoms with Gasteiger partial charge in [0, 0.05) is 18.5 Å². The number of sulfonamides is 1.